The fourth-order valence-electron chi connectivity index (χ4n) is 3.73. The van der Waals surface area contributed by atoms with Crippen LogP contribution in [0.4, 0.5) is 0 Å². The van der Waals surface area contributed by atoms with Crippen LogP contribution in [0.2, 0.25) is 0 Å². The monoisotopic (exact) mass is 330 g/mol. The number of hydrogen-bond donors (Lipinski definition) is 1. The van der Waals surface area contributed by atoms with Gasteiger partial charge in [0.2, 0.25) is 0 Å². The van der Waals surface area contributed by atoms with Gasteiger partial charge in [-0.3, -0.25) is 0 Å². The molecule has 0 unspecified atom stereocenters. The molecule has 0 aliphatic heterocycles. The van der Waals surface area contributed by atoms with Crippen LogP contribution in [0.3, 0.4) is 0 Å². The zero-order valence-electron chi connectivity index (χ0n) is 13.4. The minimum atomic E-state index is 1.03. The number of hydrogen-bond acceptors (Lipinski definition) is 2. The Hall–Kier alpha value is -2.39. The lowest BCUT2D eigenvalue weighted by atomic mass is 9.92. The first kappa shape index (κ1) is 14.0. The fraction of sp³-hybridized carbons (Fsp3) is 0.190. The number of benzene rings is 1. The third-order valence-corrected chi connectivity index (χ3v) is 6.07. The molecule has 0 bridgehead atoms. The molecule has 1 N–H and O–H groups in total. The second kappa shape index (κ2) is 5.60. The summed E-state index contributed by atoms with van der Waals surface area (Å²) >= 11 is 1.89. The number of aromatic nitrogens is 2. The van der Waals surface area contributed by atoms with Crippen molar-refractivity contribution in [2.45, 2.75) is 25.7 Å². The first-order valence-corrected chi connectivity index (χ1v) is 9.36. The summed E-state index contributed by atoms with van der Waals surface area (Å²) in [5, 5.41) is 1.39. The minimum absolute atomic E-state index is 1.03. The van der Waals surface area contributed by atoms with E-state index in [9.17, 15) is 0 Å². The smallest absolute Gasteiger partial charge is 0.125 e. The molecule has 0 radical (unpaired) electrons. The van der Waals surface area contributed by atoms with Crippen LogP contribution in [-0.2, 0) is 12.8 Å². The number of H-pyrrole nitrogens is 1. The number of rotatable bonds is 2. The van der Waals surface area contributed by atoms with Crippen LogP contribution >= 0.6 is 11.3 Å². The maximum atomic E-state index is 5.00. The molecule has 2 nitrogen and oxygen atoms in total. The van der Waals surface area contributed by atoms with Gasteiger partial charge >= 0.3 is 0 Å². The Morgan fingerprint density at radius 1 is 0.958 bits per heavy atom. The SMILES string of the molecule is c1ccc(-c2cc(-c3ccc[nH]3)nc3sc4c(c23)CCCC4)cc1. The standard InChI is InChI=1S/C21H18N2S/c1-2-7-14(8-3-1)16-13-18(17-10-6-12-22-17)23-21-20(16)15-9-4-5-11-19(15)24-21/h1-3,6-8,10,12-13,22H,4-5,9,11H2. The highest BCUT2D eigenvalue weighted by Gasteiger charge is 2.21. The van der Waals surface area contributed by atoms with Gasteiger partial charge < -0.3 is 4.98 Å². The summed E-state index contributed by atoms with van der Waals surface area (Å²) in [7, 11) is 0. The van der Waals surface area contributed by atoms with Crippen molar-refractivity contribution in [3.63, 3.8) is 0 Å². The Morgan fingerprint density at radius 3 is 2.67 bits per heavy atom. The van der Waals surface area contributed by atoms with E-state index in [-0.39, 0.29) is 0 Å². The van der Waals surface area contributed by atoms with Gasteiger partial charge in [0, 0.05) is 16.5 Å². The summed E-state index contributed by atoms with van der Waals surface area (Å²) in [6.07, 6.45) is 6.97. The highest BCUT2D eigenvalue weighted by Crippen LogP contribution is 2.42. The van der Waals surface area contributed by atoms with Crippen molar-refractivity contribution >= 4 is 21.6 Å². The van der Waals surface area contributed by atoms with Crippen molar-refractivity contribution in [3.05, 3.63) is 65.2 Å². The van der Waals surface area contributed by atoms with Gasteiger partial charge in [0.25, 0.3) is 0 Å². The molecular formula is C21H18N2S. The summed E-state index contributed by atoms with van der Waals surface area (Å²) in [5.41, 5.74) is 6.27. The maximum Gasteiger partial charge on any atom is 0.125 e. The van der Waals surface area contributed by atoms with Gasteiger partial charge in [0.1, 0.15) is 4.83 Å². The number of aryl methyl sites for hydroxylation is 2. The molecule has 4 aromatic rings. The van der Waals surface area contributed by atoms with Crippen LogP contribution in [0.25, 0.3) is 32.7 Å². The van der Waals surface area contributed by atoms with Crippen LogP contribution in [-0.4, -0.2) is 9.97 Å². The normalized spacial score (nSPS) is 14.0. The second-order valence-electron chi connectivity index (χ2n) is 6.40. The predicted molar refractivity (Wildman–Crippen MR) is 101 cm³/mol. The molecule has 3 aromatic heterocycles. The quantitative estimate of drug-likeness (QED) is 0.491. The van der Waals surface area contributed by atoms with E-state index in [1.165, 1.54) is 47.0 Å². The lowest BCUT2D eigenvalue weighted by Crippen LogP contribution is -1.98. The van der Waals surface area contributed by atoms with Crippen molar-refractivity contribution < 1.29 is 0 Å². The molecule has 3 heteroatoms. The molecule has 1 aromatic carbocycles. The zero-order valence-corrected chi connectivity index (χ0v) is 14.2. The van der Waals surface area contributed by atoms with E-state index < -0.39 is 0 Å². The molecule has 0 saturated carbocycles. The van der Waals surface area contributed by atoms with E-state index in [0.717, 1.165) is 11.4 Å². The highest BCUT2D eigenvalue weighted by molar-refractivity contribution is 7.19. The fourth-order valence-corrected chi connectivity index (χ4v) is 5.02. The summed E-state index contributed by atoms with van der Waals surface area (Å²) in [6, 6.07) is 17.1. The van der Waals surface area contributed by atoms with Gasteiger partial charge in [0.15, 0.2) is 0 Å². The number of nitrogens with one attached hydrogen (secondary N) is 1. The average molecular weight is 330 g/mol. The van der Waals surface area contributed by atoms with Gasteiger partial charge in [-0.1, -0.05) is 30.3 Å². The van der Waals surface area contributed by atoms with Gasteiger partial charge in [-0.05, 0) is 60.6 Å². The molecule has 5 rings (SSSR count). The lowest BCUT2D eigenvalue weighted by Gasteiger charge is -2.13. The van der Waals surface area contributed by atoms with Gasteiger partial charge in [-0.15, -0.1) is 11.3 Å². The van der Waals surface area contributed by atoms with Crippen LogP contribution in [0.1, 0.15) is 23.3 Å². The van der Waals surface area contributed by atoms with Gasteiger partial charge in [-0.25, -0.2) is 4.98 Å². The van der Waals surface area contributed by atoms with Crippen LogP contribution in [0, 0.1) is 0 Å². The molecule has 1 aliphatic rings. The molecule has 0 atom stereocenters. The first-order chi connectivity index (χ1) is 11.9. The highest BCUT2D eigenvalue weighted by atomic mass is 32.1. The number of fused-ring (bicyclic) bond motifs is 3. The van der Waals surface area contributed by atoms with Crippen molar-refractivity contribution in [1.29, 1.82) is 0 Å². The van der Waals surface area contributed by atoms with E-state index in [1.807, 2.05) is 23.6 Å². The number of aromatic amines is 1. The van der Waals surface area contributed by atoms with E-state index in [4.69, 9.17) is 4.98 Å². The first-order valence-electron chi connectivity index (χ1n) is 8.54. The topological polar surface area (TPSA) is 28.7 Å². The molecule has 0 amide bonds. The van der Waals surface area contributed by atoms with Crippen molar-refractivity contribution in [2.75, 3.05) is 0 Å². The van der Waals surface area contributed by atoms with Crippen molar-refractivity contribution in [1.82, 2.24) is 9.97 Å². The molecule has 3 heterocycles. The third kappa shape index (κ3) is 2.20. The summed E-state index contributed by atoms with van der Waals surface area (Å²) < 4.78 is 0. The van der Waals surface area contributed by atoms with Crippen LogP contribution < -0.4 is 0 Å². The predicted octanol–water partition coefficient (Wildman–Crippen LogP) is 5.84. The van der Waals surface area contributed by atoms with E-state index in [2.05, 4.69) is 47.4 Å². The number of nitrogens with zero attached hydrogens (tertiary/aromatic N) is 1. The van der Waals surface area contributed by atoms with Gasteiger partial charge in [-0.2, -0.15) is 0 Å². The summed E-state index contributed by atoms with van der Waals surface area (Å²) in [4.78, 5) is 11.0. The van der Waals surface area contributed by atoms with E-state index >= 15 is 0 Å². The molecule has 0 spiro atoms. The Labute approximate surface area is 145 Å². The van der Waals surface area contributed by atoms with Crippen molar-refractivity contribution in [3.8, 4) is 22.5 Å². The minimum Gasteiger partial charge on any atom is -0.360 e. The zero-order chi connectivity index (χ0) is 15.9. The largest absolute Gasteiger partial charge is 0.360 e. The Balaban J connectivity index is 1.84. The summed E-state index contributed by atoms with van der Waals surface area (Å²) in [5.74, 6) is 0. The number of thiophene rings is 1. The lowest BCUT2D eigenvalue weighted by molar-refractivity contribution is 0.700. The number of pyridine rings is 1. The Morgan fingerprint density at radius 2 is 1.83 bits per heavy atom. The molecule has 0 saturated heterocycles. The molecular weight excluding hydrogens is 312 g/mol. The molecule has 24 heavy (non-hydrogen) atoms. The van der Waals surface area contributed by atoms with Crippen molar-refractivity contribution in [2.24, 2.45) is 0 Å². The van der Waals surface area contributed by atoms with E-state index in [1.54, 1.807) is 10.4 Å². The molecule has 118 valence electrons. The van der Waals surface area contributed by atoms with E-state index in [0.29, 0.717) is 0 Å². The third-order valence-electron chi connectivity index (χ3n) is 4.88. The van der Waals surface area contributed by atoms with Crippen LogP contribution in [0.15, 0.2) is 54.7 Å². The molecule has 1 aliphatic carbocycles. The molecule has 0 fully saturated rings. The van der Waals surface area contributed by atoms with Crippen LogP contribution in [0.5, 0.6) is 0 Å². The average Bonchev–Trinajstić information content (AvgIpc) is 3.29. The Kier molecular flexibility index (Phi) is 3.27. The summed E-state index contributed by atoms with van der Waals surface area (Å²) in [6.45, 7) is 0. The maximum absolute atomic E-state index is 5.00. The Bertz CT molecular complexity index is 997. The second-order valence-corrected chi connectivity index (χ2v) is 7.48. The van der Waals surface area contributed by atoms with Gasteiger partial charge in [0.05, 0.1) is 11.4 Å².